The molecule has 2 fully saturated rings. The van der Waals surface area contributed by atoms with Gasteiger partial charge in [-0.3, -0.25) is 19.4 Å². The monoisotopic (exact) mass is 762 g/mol. The molecule has 14 heteroatoms. The van der Waals surface area contributed by atoms with E-state index in [0.717, 1.165) is 5.56 Å². The van der Waals surface area contributed by atoms with Gasteiger partial charge in [0.25, 0.3) is 5.91 Å². The number of hydrogen-bond donors (Lipinski definition) is 1. The molecule has 0 radical (unpaired) electrons. The number of anilines is 2. The average Bonchev–Trinajstić information content (AvgIpc) is 3.11. The van der Waals surface area contributed by atoms with Crippen LogP contribution in [0.4, 0.5) is 25.0 Å². The van der Waals surface area contributed by atoms with Crippen LogP contribution in [0.25, 0.3) is 0 Å². The van der Waals surface area contributed by atoms with Crippen LogP contribution in [-0.4, -0.2) is 119 Å². The summed E-state index contributed by atoms with van der Waals surface area (Å²) in [5.74, 6) is -1.42. The zero-order chi connectivity index (χ0) is 39.6. The first-order valence-electron chi connectivity index (χ1n) is 18.9. The molecule has 3 aromatic rings. The molecular weight excluding hydrogens is 710 g/mol. The molecule has 0 saturated carbocycles. The summed E-state index contributed by atoms with van der Waals surface area (Å²) in [4.78, 5) is 54.4. The van der Waals surface area contributed by atoms with Gasteiger partial charge in [0, 0.05) is 49.5 Å². The summed E-state index contributed by atoms with van der Waals surface area (Å²) in [5.41, 5.74) is 1.43. The Morgan fingerprint density at radius 1 is 0.873 bits per heavy atom. The first-order valence-corrected chi connectivity index (χ1v) is 18.9. The molecule has 0 aliphatic carbocycles. The lowest BCUT2D eigenvalue weighted by molar-refractivity contribution is -0.123. The van der Waals surface area contributed by atoms with Crippen molar-refractivity contribution >= 4 is 29.3 Å². The van der Waals surface area contributed by atoms with Gasteiger partial charge >= 0.3 is 6.09 Å². The van der Waals surface area contributed by atoms with E-state index in [1.54, 1.807) is 28.0 Å². The Labute approximate surface area is 321 Å². The fraction of sp³-hybridized carbons (Fsp3) is 0.512. The number of pyridine rings is 1. The Morgan fingerprint density at radius 3 is 2.15 bits per heavy atom. The highest BCUT2D eigenvalue weighted by atomic mass is 19.1. The summed E-state index contributed by atoms with van der Waals surface area (Å²) in [7, 11) is 0. The maximum absolute atomic E-state index is 14.6. The number of nitrogens with one attached hydrogen (secondary N) is 1. The van der Waals surface area contributed by atoms with Crippen molar-refractivity contribution in [2.45, 2.75) is 90.7 Å². The standard InChI is InChI=1S/C41H52F2N6O6/c1-25-18-46(34(19-47-26(2)22-53-23-27(47)3)20-48(25)40(52)55-41(5,6)7)21-36(50)49-28(4)24-54-39-35(49)17-30(16-29-8-10-31(42)11-9-29)37(45-39)38(51)44-33-14-12-32(43)13-15-33/h8-15,17,25-28,34H,16,18-24H2,1-7H3,(H,44,51)/t25-,26-,27-,28+,34+/m1/s1. The molecule has 0 bridgehead atoms. The van der Waals surface area contributed by atoms with Gasteiger partial charge in [-0.25, -0.2) is 18.6 Å². The van der Waals surface area contributed by atoms with Crippen molar-refractivity contribution in [2.75, 3.05) is 56.2 Å². The van der Waals surface area contributed by atoms with Gasteiger partial charge in [-0.15, -0.1) is 0 Å². The zero-order valence-corrected chi connectivity index (χ0v) is 32.7. The normalized spacial score (nSPS) is 23.5. The average molecular weight is 763 g/mol. The highest BCUT2D eigenvalue weighted by Crippen LogP contribution is 2.36. The fourth-order valence-electron chi connectivity index (χ4n) is 7.51. The second kappa shape index (κ2) is 16.6. The zero-order valence-electron chi connectivity index (χ0n) is 32.7. The first kappa shape index (κ1) is 40.0. The van der Waals surface area contributed by atoms with Gasteiger partial charge in [0.1, 0.15) is 35.2 Å². The number of halogens is 2. The molecule has 6 rings (SSSR count). The maximum atomic E-state index is 14.6. The second-order valence-electron chi connectivity index (χ2n) is 16.0. The summed E-state index contributed by atoms with van der Waals surface area (Å²) in [6.07, 6.45) is -0.167. The number of carbonyl (C=O) groups is 3. The predicted molar refractivity (Wildman–Crippen MR) is 204 cm³/mol. The molecule has 0 spiro atoms. The fourth-order valence-corrected chi connectivity index (χ4v) is 7.51. The quantitative estimate of drug-likeness (QED) is 0.307. The number of fused-ring (bicyclic) bond motifs is 1. The lowest BCUT2D eigenvalue weighted by Gasteiger charge is -2.49. The number of carbonyl (C=O) groups excluding carboxylic acids is 3. The van der Waals surface area contributed by atoms with Crippen molar-refractivity contribution in [1.82, 2.24) is 19.7 Å². The summed E-state index contributed by atoms with van der Waals surface area (Å²) in [6.45, 7) is 16.5. The van der Waals surface area contributed by atoms with E-state index in [2.05, 4.69) is 33.9 Å². The number of benzene rings is 2. The topological polar surface area (TPSA) is 117 Å². The van der Waals surface area contributed by atoms with Gasteiger partial charge in [0.15, 0.2) is 0 Å². The number of hydrogen-bond acceptors (Lipinski definition) is 9. The van der Waals surface area contributed by atoms with Crippen molar-refractivity contribution in [3.63, 3.8) is 0 Å². The van der Waals surface area contributed by atoms with Crippen molar-refractivity contribution in [2.24, 2.45) is 0 Å². The van der Waals surface area contributed by atoms with Crippen molar-refractivity contribution in [3.05, 3.63) is 83.1 Å². The number of ether oxygens (including phenoxy) is 3. The molecule has 2 aromatic carbocycles. The van der Waals surface area contributed by atoms with Crippen molar-refractivity contribution in [3.8, 4) is 5.88 Å². The smallest absolute Gasteiger partial charge is 0.410 e. The SMILES string of the molecule is C[C@@H]1CN(CC(=O)N2c3cc(Cc4ccc(F)cc4)c(C(=O)Nc4ccc(F)cc4)nc3OC[C@@H]2C)[C@@H](CN2[C@H](C)COC[C@H]2C)CN1C(=O)OC(C)(C)C. The minimum Gasteiger partial charge on any atom is -0.474 e. The number of piperazine rings is 1. The molecule has 3 aliphatic heterocycles. The third-order valence-electron chi connectivity index (χ3n) is 10.3. The van der Waals surface area contributed by atoms with Crippen LogP contribution in [0.2, 0.25) is 0 Å². The van der Waals surface area contributed by atoms with Gasteiger partial charge < -0.3 is 29.3 Å². The highest BCUT2D eigenvalue weighted by molar-refractivity contribution is 6.05. The Balaban J connectivity index is 1.31. The molecule has 5 atom stereocenters. The van der Waals surface area contributed by atoms with Gasteiger partial charge in [-0.05, 0) is 108 Å². The molecule has 3 amide bonds. The lowest BCUT2D eigenvalue weighted by Crippen LogP contribution is -2.65. The minimum absolute atomic E-state index is 0.0636. The molecular formula is C41H52F2N6O6. The lowest BCUT2D eigenvalue weighted by atomic mass is 10.0. The number of morpholine rings is 1. The summed E-state index contributed by atoms with van der Waals surface area (Å²) in [5, 5.41) is 2.78. The van der Waals surface area contributed by atoms with E-state index >= 15 is 0 Å². The van der Waals surface area contributed by atoms with Crippen LogP contribution in [0.1, 0.15) is 70.1 Å². The van der Waals surface area contributed by atoms with E-state index in [0.29, 0.717) is 49.8 Å². The van der Waals surface area contributed by atoms with Crippen LogP contribution in [0.15, 0.2) is 54.6 Å². The Kier molecular flexibility index (Phi) is 12.1. The third-order valence-corrected chi connectivity index (χ3v) is 10.3. The van der Waals surface area contributed by atoms with Crippen LogP contribution in [-0.2, 0) is 20.7 Å². The molecule has 296 valence electrons. The van der Waals surface area contributed by atoms with Crippen LogP contribution in [0.3, 0.4) is 0 Å². The molecule has 0 unspecified atom stereocenters. The Hall–Kier alpha value is -4.66. The van der Waals surface area contributed by atoms with Crippen LogP contribution >= 0.6 is 0 Å². The predicted octanol–water partition coefficient (Wildman–Crippen LogP) is 5.74. The molecule has 1 N–H and O–H groups in total. The maximum Gasteiger partial charge on any atom is 0.410 e. The number of aromatic nitrogens is 1. The van der Waals surface area contributed by atoms with Crippen LogP contribution in [0.5, 0.6) is 5.88 Å². The molecule has 4 heterocycles. The van der Waals surface area contributed by atoms with Crippen LogP contribution < -0.4 is 15.0 Å². The number of nitrogens with zero attached hydrogens (tertiary/aromatic N) is 5. The van der Waals surface area contributed by atoms with Gasteiger partial charge in [0.2, 0.25) is 11.8 Å². The summed E-state index contributed by atoms with van der Waals surface area (Å²) >= 11 is 0. The van der Waals surface area contributed by atoms with E-state index in [-0.39, 0.29) is 73.4 Å². The molecule has 12 nitrogen and oxygen atoms in total. The first-order chi connectivity index (χ1) is 26.1. The highest BCUT2D eigenvalue weighted by Gasteiger charge is 2.41. The van der Waals surface area contributed by atoms with E-state index in [1.165, 1.54) is 36.4 Å². The van der Waals surface area contributed by atoms with E-state index in [9.17, 15) is 23.2 Å². The van der Waals surface area contributed by atoms with E-state index < -0.39 is 23.1 Å². The van der Waals surface area contributed by atoms with Gasteiger partial charge in [-0.1, -0.05) is 12.1 Å². The molecule has 2 saturated heterocycles. The van der Waals surface area contributed by atoms with E-state index in [1.807, 2.05) is 34.6 Å². The summed E-state index contributed by atoms with van der Waals surface area (Å²) < 4.78 is 45.1. The van der Waals surface area contributed by atoms with Crippen molar-refractivity contribution < 1.29 is 37.4 Å². The van der Waals surface area contributed by atoms with E-state index in [4.69, 9.17) is 14.2 Å². The molecule has 3 aliphatic rings. The molecule has 55 heavy (non-hydrogen) atoms. The number of rotatable bonds is 8. The second-order valence-corrected chi connectivity index (χ2v) is 16.0. The third kappa shape index (κ3) is 9.60. The summed E-state index contributed by atoms with van der Waals surface area (Å²) in [6, 6.07) is 12.6. The number of amides is 3. The van der Waals surface area contributed by atoms with Crippen LogP contribution in [0, 0.1) is 11.6 Å². The van der Waals surface area contributed by atoms with Gasteiger partial charge in [-0.2, -0.15) is 0 Å². The Morgan fingerprint density at radius 2 is 1.51 bits per heavy atom. The largest absolute Gasteiger partial charge is 0.474 e. The Bertz CT molecular complexity index is 1850. The molecule has 1 aromatic heterocycles. The van der Waals surface area contributed by atoms with Gasteiger partial charge in [0.05, 0.1) is 25.8 Å². The minimum atomic E-state index is -0.655. The van der Waals surface area contributed by atoms with Crippen molar-refractivity contribution in [1.29, 1.82) is 0 Å².